The number of Topliss-reactive ketones (excluding diaryl/α,β-unsaturated/α-hetero) is 1. The molecule has 0 radical (unpaired) electrons. The molecular weight excluding hydrogens is 216 g/mol. The fourth-order valence-electron chi connectivity index (χ4n) is 1.11. The number of hydrogen-bond acceptors (Lipinski definition) is 5. The van der Waals surface area contributed by atoms with Crippen LogP contribution in [0.3, 0.4) is 0 Å². The molecule has 1 heterocycles. The second-order valence-corrected chi connectivity index (χ2v) is 3.83. The highest BCUT2D eigenvalue weighted by Crippen LogP contribution is 2.12. The first kappa shape index (κ1) is 11.8. The molecule has 1 amide bonds. The van der Waals surface area contributed by atoms with Crippen LogP contribution in [0.1, 0.15) is 22.6 Å². The number of nitrogens with two attached hydrogens (primary N) is 1. The van der Waals surface area contributed by atoms with Crippen LogP contribution in [0.5, 0.6) is 0 Å². The number of methoxy groups -OCH3 is 1. The largest absolute Gasteiger partial charge is 0.373 e. The molecule has 1 aromatic rings. The molecule has 6 heteroatoms. The molecule has 0 spiro atoms. The maximum absolute atomic E-state index is 11.7. The molecular formula is C9H12N2O3S. The van der Waals surface area contributed by atoms with E-state index in [2.05, 4.69) is 4.98 Å². The van der Waals surface area contributed by atoms with Gasteiger partial charge in [-0.25, -0.2) is 4.98 Å². The molecule has 0 saturated carbocycles. The van der Waals surface area contributed by atoms with Gasteiger partial charge in [-0.1, -0.05) is 0 Å². The standard InChI is InChI=1S/C9H12N2O3S/c1-14-6(2-3-7(10)12)8(13)9-11-4-5-15-9/h4-6H,2-3H2,1H3,(H2,10,12). The predicted octanol–water partition coefficient (Wildman–Crippen LogP) is 0.606. The van der Waals surface area contributed by atoms with E-state index < -0.39 is 12.0 Å². The first-order chi connectivity index (χ1) is 7.15. The van der Waals surface area contributed by atoms with Crippen molar-refractivity contribution in [2.45, 2.75) is 18.9 Å². The Balaban J connectivity index is 2.59. The fourth-order valence-corrected chi connectivity index (χ4v) is 1.73. The van der Waals surface area contributed by atoms with Gasteiger partial charge in [-0.3, -0.25) is 9.59 Å². The van der Waals surface area contributed by atoms with Crippen LogP contribution >= 0.6 is 11.3 Å². The highest BCUT2D eigenvalue weighted by atomic mass is 32.1. The van der Waals surface area contributed by atoms with Crippen molar-refractivity contribution in [3.8, 4) is 0 Å². The van der Waals surface area contributed by atoms with Crippen LogP contribution in [0.4, 0.5) is 0 Å². The molecule has 0 saturated heterocycles. The lowest BCUT2D eigenvalue weighted by Crippen LogP contribution is -2.25. The zero-order chi connectivity index (χ0) is 11.3. The van der Waals surface area contributed by atoms with E-state index in [0.717, 1.165) is 0 Å². The summed E-state index contributed by atoms with van der Waals surface area (Å²) in [6.45, 7) is 0. The highest BCUT2D eigenvalue weighted by molar-refractivity contribution is 7.11. The van der Waals surface area contributed by atoms with Gasteiger partial charge in [0, 0.05) is 25.1 Å². The van der Waals surface area contributed by atoms with E-state index in [0.29, 0.717) is 11.4 Å². The Morgan fingerprint density at radius 2 is 2.40 bits per heavy atom. The number of rotatable bonds is 6. The Morgan fingerprint density at radius 1 is 1.67 bits per heavy atom. The molecule has 1 aromatic heterocycles. The highest BCUT2D eigenvalue weighted by Gasteiger charge is 2.21. The fraction of sp³-hybridized carbons (Fsp3) is 0.444. The lowest BCUT2D eigenvalue weighted by Gasteiger charge is -2.10. The number of ketones is 1. The normalized spacial score (nSPS) is 12.3. The van der Waals surface area contributed by atoms with E-state index in [1.807, 2.05) is 0 Å². The van der Waals surface area contributed by atoms with Crippen LogP contribution in [0.2, 0.25) is 0 Å². The number of nitrogens with zero attached hydrogens (tertiary/aromatic N) is 1. The van der Waals surface area contributed by atoms with Crippen molar-refractivity contribution in [1.29, 1.82) is 0 Å². The smallest absolute Gasteiger partial charge is 0.219 e. The lowest BCUT2D eigenvalue weighted by atomic mass is 10.1. The van der Waals surface area contributed by atoms with Gasteiger partial charge in [0.25, 0.3) is 0 Å². The number of ether oxygens (including phenoxy) is 1. The maximum Gasteiger partial charge on any atom is 0.219 e. The molecule has 5 nitrogen and oxygen atoms in total. The number of hydrogen-bond donors (Lipinski definition) is 1. The number of thiazole rings is 1. The lowest BCUT2D eigenvalue weighted by molar-refractivity contribution is -0.118. The Kier molecular flexibility index (Phi) is 4.38. The van der Waals surface area contributed by atoms with Crippen molar-refractivity contribution in [2.75, 3.05) is 7.11 Å². The first-order valence-corrected chi connectivity index (χ1v) is 5.28. The van der Waals surface area contributed by atoms with Crippen LogP contribution < -0.4 is 5.73 Å². The Morgan fingerprint density at radius 3 is 2.87 bits per heavy atom. The van der Waals surface area contributed by atoms with Crippen molar-refractivity contribution in [1.82, 2.24) is 4.98 Å². The molecule has 0 bridgehead atoms. The van der Waals surface area contributed by atoms with Crippen molar-refractivity contribution >= 4 is 23.0 Å². The van der Waals surface area contributed by atoms with Gasteiger partial charge in [-0.2, -0.15) is 0 Å². The van der Waals surface area contributed by atoms with Crippen molar-refractivity contribution in [3.63, 3.8) is 0 Å². The quantitative estimate of drug-likeness (QED) is 0.723. The number of amides is 1. The van der Waals surface area contributed by atoms with Crippen molar-refractivity contribution in [3.05, 3.63) is 16.6 Å². The SMILES string of the molecule is COC(CCC(N)=O)C(=O)c1nccs1. The van der Waals surface area contributed by atoms with E-state index in [1.165, 1.54) is 18.4 Å². The summed E-state index contributed by atoms with van der Waals surface area (Å²) in [4.78, 5) is 26.2. The first-order valence-electron chi connectivity index (χ1n) is 4.40. The summed E-state index contributed by atoms with van der Waals surface area (Å²) in [5, 5.41) is 2.11. The van der Waals surface area contributed by atoms with Crippen LogP contribution in [0.25, 0.3) is 0 Å². The molecule has 1 unspecified atom stereocenters. The third kappa shape index (κ3) is 3.41. The minimum Gasteiger partial charge on any atom is -0.373 e. The summed E-state index contributed by atoms with van der Waals surface area (Å²) in [7, 11) is 1.43. The van der Waals surface area contributed by atoms with Gasteiger partial charge in [0.15, 0.2) is 5.01 Å². The van der Waals surface area contributed by atoms with Crippen LogP contribution in [-0.2, 0) is 9.53 Å². The van der Waals surface area contributed by atoms with Crippen molar-refractivity contribution < 1.29 is 14.3 Å². The van der Waals surface area contributed by atoms with Gasteiger partial charge in [-0.05, 0) is 6.42 Å². The van der Waals surface area contributed by atoms with Crippen LogP contribution in [0.15, 0.2) is 11.6 Å². The van der Waals surface area contributed by atoms with Gasteiger partial charge in [0.2, 0.25) is 11.7 Å². The maximum atomic E-state index is 11.7. The van der Waals surface area contributed by atoms with Gasteiger partial charge in [-0.15, -0.1) is 11.3 Å². The van der Waals surface area contributed by atoms with Gasteiger partial charge >= 0.3 is 0 Å². The summed E-state index contributed by atoms with van der Waals surface area (Å²) in [6, 6.07) is 0. The Hall–Kier alpha value is -1.27. The molecule has 82 valence electrons. The summed E-state index contributed by atoms with van der Waals surface area (Å²) >= 11 is 1.25. The molecule has 1 atom stereocenters. The van der Waals surface area contributed by atoms with E-state index in [4.69, 9.17) is 10.5 Å². The topological polar surface area (TPSA) is 82.3 Å². The molecule has 15 heavy (non-hydrogen) atoms. The molecule has 0 aliphatic carbocycles. The van der Waals surface area contributed by atoms with Gasteiger partial charge in [0.05, 0.1) is 0 Å². The second-order valence-electron chi connectivity index (χ2n) is 2.93. The number of carbonyl (C=O) groups is 2. The zero-order valence-electron chi connectivity index (χ0n) is 8.30. The number of carbonyl (C=O) groups excluding carboxylic acids is 2. The second kappa shape index (κ2) is 5.57. The molecule has 1 rings (SSSR count). The Labute approximate surface area is 91.3 Å². The monoisotopic (exact) mass is 228 g/mol. The molecule has 0 fully saturated rings. The predicted molar refractivity (Wildman–Crippen MR) is 55.7 cm³/mol. The third-order valence-electron chi connectivity index (χ3n) is 1.87. The minimum atomic E-state index is -0.636. The van der Waals surface area contributed by atoms with E-state index in [-0.39, 0.29) is 12.2 Å². The molecule has 0 aliphatic heterocycles. The summed E-state index contributed by atoms with van der Waals surface area (Å²) in [5.41, 5.74) is 5.00. The average molecular weight is 228 g/mol. The molecule has 0 aliphatic rings. The summed E-state index contributed by atoms with van der Waals surface area (Å²) in [6.07, 6.45) is 1.35. The minimum absolute atomic E-state index is 0.135. The van der Waals surface area contributed by atoms with E-state index in [1.54, 1.807) is 11.6 Å². The number of primary amides is 1. The third-order valence-corrected chi connectivity index (χ3v) is 2.66. The zero-order valence-corrected chi connectivity index (χ0v) is 9.12. The summed E-state index contributed by atoms with van der Waals surface area (Å²) in [5.74, 6) is -0.641. The Bertz CT molecular complexity index is 337. The average Bonchev–Trinajstić information content (AvgIpc) is 2.70. The molecule has 0 aromatic carbocycles. The summed E-state index contributed by atoms with van der Waals surface area (Å²) < 4.78 is 5.00. The number of aromatic nitrogens is 1. The van der Waals surface area contributed by atoms with Gasteiger partial charge < -0.3 is 10.5 Å². The van der Waals surface area contributed by atoms with E-state index >= 15 is 0 Å². The van der Waals surface area contributed by atoms with Crippen molar-refractivity contribution in [2.24, 2.45) is 5.73 Å². The van der Waals surface area contributed by atoms with Crippen LogP contribution in [-0.4, -0.2) is 29.9 Å². The van der Waals surface area contributed by atoms with Gasteiger partial charge in [0.1, 0.15) is 6.10 Å². The van der Waals surface area contributed by atoms with Crippen LogP contribution in [0, 0.1) is 0 Å². The van der Waals surface area contributed by atoms with E-state index in [9.17, 15) is 9.59 Å². The molecule has 2 N–H and O–H groups in total.